The SMILES string of the molecule is CCN1CCN(c2ncc(C(=O)O)cc2C)CC1C. The van der Waals surface area contributed by atoms with Crippen molar-refractivity contribution >= 4 is 11.8 Å². The topological polar surface area (TPSA) is 56.7 Å². The fraction of sp³-hybridized carbons (Fsp3) is 0.571. The number of hydrogen-bond donors (Lipinski definition) is 1. The minimum atomic E-state index is -0.925. The molecule has 5 heteroatoms. The molecule has 19 heavy (non-hydrogen) atoms. The van der Waals surface area contributed by atoms with Gasteiger partial charge in [0.05, 0.1) is 5.56 Å². The molecule has 1 unspecified atom stereocenters. The number of pyridine rings is 1. The van der Waals surface area contributed by atoms with Gasteiger partial charge in [-0.1, -0.05) is 6.92 Å². The molecule has 0 radical (unpaired) electrons. The molecule has 0 spiro atoms. The van der Waals surface area contributed by atoms with E-state index in [1.807, 2.05) is 6.92 Å². The second-order valence-corrected chi connectivity index (χ2v) is 5.09. The monoisotopic (exact) mass is 263 g/mol. The number of anilines is 1. The van der Waals surface area contributed by atoms with Gasteiger partial charge in [0.1, 0.15) is 5.82 Å². The predicted molar refractivity (Wildman–Crippen MR) is 74.9 cm³/mol. The zero-order valence-electron chi connectivity index (χ0n) is 11.8. The van der Waals surface area contributed by atoms with E-state index in [1.54, 1.807) is 6.07 Å². The fourth-order valence-corrected chi connectivity index (χ4v) is 2.67. The third-order valence-electron chi connectivity index (χ3n) is 3.77. The Hall–Kier alpha value is -1.62. The van der Waals surface area contributed by atoms with Crippen LogP contribution in [0.15, 0.2) is 12.3 Å². The number of aromatic carboxylic acids is 1. The first-order chi connectivity index (χ1) is 9.02. The van der Waals surface area contributed by atoms with Crippen LogP contribution in [0, 0.1) is 6.92 Å². The number of carboxylic acid groups (broad SMARTS) is 1. The lowest BCUT2D eigenvalue weighted by atomic mass is 10.1. The normalized spacial score (nSPS) is 20.6. The largest absolute Gasteiger partial charge is 0.478 e. The molecule has 0 aliphatic carbocycles. The Morgan fingerprint density at radius 2 is 2.26 bits per heavy atom. The summed E-state index contributed by atoms with van der Waals surface area (Å²) in [4.78, 5) is 19.9. The highest BCUT2D eigenvalue weighted by atomic mass is 16.4. The van der Waals surface area contributed by atoms with E-state index >= 15 is 0 Å². The number of nitrogens with zero attached hydrogens (tertiary/aromatic N) is 3. The average molecular weight is 263 g/mol. The molecule has 1 aliphatic rings. The Bertz CT molecular complexity index is 476. The summed E-state index contributed by atoms with van der Waals surface area (Å²) in [5.74, 6) is -0.0149. The summed E-state index contributed by atoms with van der Waals surface area (Å²) in [6.07, 6.45) is 1.45. The maximum absolute atomic E-state index is 10.9. The number of piperazine rings is 1. The van der Waals surface area contributed by atoms with Crippen LogP contribution in [0.3, 0.4) is 0 Å². The van der Waals surface area contributed by atoms with E-state index in [0.29, 0.717) is 6.04 Å². The van der Waals surface area contributed by atoms with Crippen molar-refractivity contribution in [1.29, 1.82) is 0 Å². The molecular weight excluding hydrogens is 242 g/mol. The first-order valence-corrected chi connectivity index (χ1v) is 6.71. The highest BCUT2D eigenvalue weighted by molar-refractivity contribution is 5.87. The molecule has 1 aliphatic heterocycles. The van der Waals surface area contributed by atoms with Gasteiger partial charge >= 0.3 is 5.97 Å². The zero-order valence-corrected chi connectivity index (χ0v) is 11.8. The van der Waals surface area contributed by atoms with Crippen molar-refractivity contribution < 1.29 is 9.90 Å². The minimum Gasteiger partial charge on any atom is -0.478 e. The predicted octanol–water partition coefficient (Wildman–Crippen LogP) is 1.62. The van der Waals surface area contributed by atoms with Gasteiger partial charge in [-0.15, -0.1) is 0 Å². The minimum absolute atomic E-state index is 0.251. The summed E-state index contributed by atoms with van der Waals surface area (Å²) in [6, 6.07) is 2.20. The molecule has 1 aromatic rings. The third-order valence-corrected chi connectivity index (χ3v) is 3.77. The lowest BCUT2D eigenvalue weighted by Gasteiger charge is -2.40. The molecule has 0 amide bonds. The molecule has 1 atom stereocenters. The van der Waals surface area contributed by atoms with Crippen LogP contribution in [0.5, 0.6) is 0 Å². The molecular formula is C14H21N3O2. The van der Waals surface area contributed by atoms with Gasteiger partial charge in [-0.2, -0.15) is 0 Å². The van der Waals surface area contributed by atoms with Gasteiger partial charge in [0, 0.05) is 31.9 Å². The summed E-state index contributed by atoms with van der Waals surface area (Å²) < 4.78 is 0. The standard InChI is InChI=1S/C14H21N3O2/c1-4-16-5-6-17(9-11(16)3)13-10(2)7-12(8-15-13)14(18)19/h7-8,11H,4-6,9H2,1-3H3,(H,18,19). The highest BCUT2D eigenvalue weighted by Gasteiger charge is 2.24. The second-order valence-electron chi connectivity index (χ2n) is 5.09. The van der Waals surface area contributed by atoms with Crippen LogP contribution in [-0.4, -0.2) is 53.2 Å². The Morgan fingerprint density at radius 1 is 1.53 bits per heavy atom. The van der Waals surface area contributed by atoms with Crippen molar-refractivity contribution in [2.45, 2.75) is 26.8 Å². The van der Waals surface area contributed by atoms with E-state index in [9.17, 15) is 4.79 Å². The van der Waals surface area contributed by atoms with Crippen LogP contribution in [-0.2, 0) is 0 Å². The number of rotatable bonds is 3. The quantitative estimate of drug-likeness (QED) is 0.898. The van der Waals surface area contributed by atoms with E-state index in [0.717, 1.165) is 37.6 Å². The van der Waals surface area contributed by atoms with E-state index < -0.39 is 5.97 Å². The van der Waals surface area contributed by atoms with Crippen molar-refractivity contribution in [1.82, 2.24) is 9.88 Å². The maximum atomic E-state index is 10.9. The van der Waals surface area contributed by atoms with E-state index in [1.165, 1.54) is 6.20 Å². The molecule has 0 bridgehead atoms. The summed E-state index contributed by atoms with van der Waals surface area (Å²) in [5.41, 5.74) is 1.18. The smallest absolute Gasteiger partial charge is 0.337 e. The number of aryl methyl sites for hydroxylation is 1. The van der Waals surface area contributed by atoms with Gasteiger partial charge in [-0.25, -0.2) is 9.78 Å². The Morgan fingerprint density at radius 3 is 2.79 bits per heavy atom. The van der Waals surface area contributed by atoms with E-state index in [-0.39, 0.29) is 5.56 Å². The van der Waals surface area contributed by atoms with Crippen molar-refractivity contribution in [3.63, 3.8) is 0 Å². The molecule has 2 rings (SSSR count). The first kappa shape index (κ1) is 13.8. The molecule has 0 saturated carbocycles. The lowest BCUT2D eigenvalue weighted by molar-refractivity contribution is 0.0696. The number of likely N-dealkylation sites (N-methyl/N-ethyl adjacent to an activating group) is 1. The number of carbonyl (C=O) groups is 1. The van der Waals surface area contributed by atoms with Crippen LogP contribution in [0.2, 0.25) is 0 Å². The molecule has 5 nitrogen and oxygen atoms in total. The first-order valence-electron chi connectivity index (χ1n) is 6.71. The molecule has 0 aromatic carbocycles. The van der Waals surface area contributed by atoms with Crippen LogP contribution >= 0.6 is 0 Å². The maximum Gasteiger partial charge on any atom is 0.337 e. The molecule has 1 saturated heterocycles. The van der Waals surface area contributed by atoms with Crippen molar-refractivity contribution in [3.8, 4) is 0 Å². The molecule has 1 fully saturated rings. The van der Waals surface area contributed by atoms with Crippen LogP contribution in [0.1, 0.15) is 29.8 Å². The Labute approximate surface area is 113 Å². The number of carboxylic acids is 1. The van der Waals surface area contributed by atoms with Crippen LogP contribution in [0.4, 0.5) is 5.82 Å². The molecule has 104 valence electrons. The molecule has 1 aromatic heterocycles. The Kier molecular flexibility index (Phi) is 4.04. The Balaban J connectivity index is 2.17. The highest BCUT2D eigenvalue weighted by Crippen LogP contribution is 2.21. The van der Waals surface area contributed by atoms with Gasteiger partial charge < -0.3 is 10.0 Å². The average Bonchev–Trinajstić information content (AvgIpc) is 2.38. The molecule has 2 heterocycles. The lowest BCUT2D eigenvalue weighted by Crippen LogP contribution is -2.52. The second kappa shape index (κ2) is 5.57. The summed E-state index contributed by atoms with van der Waals surface area (Å²) >= 11 is 0. The van der Waals surface area contributed by atoms with Gasteiger partial charge in [0.15, 0.2) is 0 Å². The third kappa shape index (κ3) is 2.87. The van der Waals surface area contributed by atoms with E-state index in [4.69, 9.17) is 5.11 Å². The van der Waals surface area contributed by atoms with Crippen molar-refractivity contribution in [3.05, 3.63) is 23.4 Å². The summed E-state index contributed by atoms with van der Waals surface area (Å²) in [7, 11) is 0. The fourth-order valence-electron chi connectivity index (χ4n) is 2.67. The summed E-state index contributed by atoms with van der Waals surface area (Å²) in [6.45, 7) is 10.3. The van der Waals surface area contributed by atoms with Gasteiger partial charge in [0.2, 0.25) is 0 Å². The van der Waals surface area contributed by atoms with Crippen LogP contribution < -0.4 is 4.90 Å². The summed E-state index contributed by atoms with van der Waals surface area (Å²) in [5, 5.41) is 8.96. The number of aromatic nitrogens is 1. The van der Waals surface area contributed by atoms with Crippen molar-refractivity contribution in [2.24, 2.45) is 0 Å². The van der Waals surface area contributed by atoms with Gasteiger partial charge in [-0.05, 0) is 32.0 Å². The van der Waals surface area contributed by atoms with Crippen LogP contribution in [0.25, 0.3) is 0 Å². The van der Waals surface area contributed by atoms with Gasteiger partial charge in [-0.3, -0.25) is 4.90 Å². The number of hydrogen-bond acceptors (Lipinski definition) is 4. The van der Waals surface area contributed by atoms with Gasteiger partial charge in [0.25, 0.3) is 0 Å². The van der Waals surface area contributed by atoms with E-state index in [2.05, 4.69) is 28.6 Å². The zero-order chi connectivity index (χ0) is 14.0. The molecule has 1 N–H and O–H groups in total. The van der Waals surface area contributed by atoms with Crippen molar-refractivity contribution in [2.75, 3.05) is 31.1 Å².